The van der Waals surface area contributed by atoms with Gasteiger partial charge in [0.15, 0.2) is 0 Å². The normalized spacial score (nSPS) is 28.7. The van der Waals surface area contributed by atoms with Crippen molar-refractivity contribution < 1.29 is 5.11 Å². The van der Waals surface area contributed by atoms with Crippen LogP contribution in [0.5, 0.6) is 0 Å². The molecule has 2 unspecified atom stereocenters. The van der Waals surface area contributed by atoms with Gasteiger partial charge in [-0.05, 0) is 31.6 Å². The molecule has 0 bridgehead atoms. The van der Waals surface area contributed by atoms with Crippen molar-refractivity contribution in [3.8, 4) is 0 Å². The summed E-state index contributed by atoms with van der Waals surface area (Å²) in [6, 6.07) is 0. The van der Waals surface area contributed by atoms with Gasteiger partial charge in [-0.15, -0.1) is 0 Å². The van der Waals surface area contributed by atoms with E-state index >= 15 is 0 Å². The van der Waals surface area contributed by atoms with Crippen LogP contribution in [0, 0.1) is 5.92 Å². The highest BCUT2D eigenvalue weighted by molar-refractivity contribution is 5.12. The summed E-state index contributed by atoms with van der Waals surface area (Å²) in [5, 5.41) is 9.52. The van der Waals surface area contributed by atoms with E-state index in [2.05, 4.69) is 19.9 Å². The minimum absolute atomic E-state index is 0.158. The Balaban J connectivity index is 2.56. The molecule has 1 nitrogen and oxygen atoms in total. The molecule has 76 valence electrons. The maximum atomic E-state index is 9.52. The van der Waals surface area contributed by atoms with Gasteiger partial charge in [0.1, 0.15) is 0 Å². The number of aliphatic hydroxyl groups is 1. The van der Waals surface area contributed by atoms with Crippen molar-refractivity contribution in [2.75, 3.05) is 0 Å². The maximum Gasteiger partial charge on any atom is 0.0723 e. The molecule has 1 N–H and O–H groups in total. The lowest BCUT2D eigenvalue weighted by atomic mass is 9.82. The minimum atomic E-state index is -0.158. The van der Waals surface area contributed by atoms with E-state index < -0.39 is 0 Å². The van der Waals surface area contributed by atoms with Gasteiger partial charge in [-0.1, -0.05) is 38.3 Å². The molecule has 1 aliphatic rings. The van der Waals surface area contributed by atoms with Gasteiger partial charge in [-0.2, -0.15) is 0 Å². The molecule has 2 atom stereocenters. The maximum absolute atomic E-state index is 9.52. The summed E-state index contributed by atoms with van der Waals surface area (Å²) in [6.45, 7) is 4.46. The van der Waals surface area contributed by atoms with Crippen LogP contribution >= 0.6 is 0 Å². The first-order valence-electron chi connectivity index (χ1n) is 5.66. The largest absolute Gasteiger partial charge is 0.389 e. The second-order valence-electron chi connectivity index (χ2n) is 4.12. The van der Waals surface area contributed by atoms with Gasteiger partial charge in [0.2, 0.25) is 0 Å². The van der Waals surface area contributed by atoms with Crippen LogP contribution in [-0.4, -0.2) is 11.2 Å². The minimum Gasteiger partial charge on any atom is -0.389 e. The van der Waals surface area contributed by atoms with Gasteiger partial charge in [0.25, 0.3) is 0 Å². The zero-order valence-corrected chi connectivity index (χ0v) is 8.92. The monoisotopic (exact) mass is 182 g/mol. The Kier molecular flexibility index (Phi) is 4.51. The summed E-state index contributed by atoms with van der Waals surface area (Å²) in [4.78, 5) is 0. The molecular formula is C12H22O. The van der Waals surface area contributed by atoms with Crippen LogP contribution in [0.25, 0.3) is 0 Å². The van der Waals surface area contributed by atoms with Crippen LogP contribution in [-0.2, 0) is 0 Å². The smallest absolute Gasteiger partial charge is 0.0723 e. The predicted octanol–water partition coefficient (Wildman–Crippen LogP) is 3.28. The fraction of sp³-hybridized carbons (Fsp3) is 0.833. The molecule has 0 radical (unpaired) electrons. The van der Waals surface area contributed by atoms with Gasteiger partial charge < -0.3 is 5.11 Å². The Labute approximate surface area is 81.9 Å². The summed E-state index contributed by atoms with van der Waals surface area (Å²) in [5.74, 6) is 0.772. The van der Waals surface area contributed by atoms with E-state index in [-0.39, 0.29) is 6.10 Å². The number of hydrogen-bond donors (Lipinski definition) is 1. The fourth-order valence-electron chi connectivity index (χ4n) is 2.28. The fourth-order valence-corrected chi connectivity index (χ4v) is 2.28. The second kappa shape index (κ2) is 5.43. The summed E-state index contributed by atoms with van der Waals surface area (Å²) in [5.41, 5.74) is 1.52. The number of allylic oxidation sites excluding steroid dienone is 1. The van der Waals surface area contributed by atoms with E-state index in [0.717, 1.165) is 12.3 Å². The molecule has 0 fully saturated rings. The van der Waals surface area contributed by atoms with Crippen LogP contribution in [0.4, 0.5) is 0 Å². The highest BCUT2D eigenvalue weighted by atomic mass is 16.3. The molecule has 0 amide bonds. The van der Waals surface area contributed by atoms with Crippen molar-refractivity contribution in [1.82, 2.24) is 0 Å². The van der Waals surface area contributed by atoms with Crippen LogP contribution in [0.2, 0.25) is 0 Å². The highest BCUT2D eigenvalue weighted by Crippen LogP contribution is 2.31. The van der Waals surface area contributed by atoms with Gasteiger partial charge >= 0.3 is 0 Å². The van der Waals surface area contributed by atoms with Gasteiger partial charge in [0, 0.05) is 0 Å². The lowest BCUT2D eigenvalue weighted by molar-refractivity contribution is 0.188. The lowest BCUT2D eigenvalue weighted by Gasteiger charge is -2.26. The molecule has 0 heterocycles. The zero-order valence-electron chi connectivity index (χ0n) is 8.92. The van der Waals surface area contributed by atoms with E-state index in [1.807, 2.05) is 0 Å². The summed E-state index contributed by atoms with van der Waals surface area (Å²) in [7, 11) is 0. The van der Waals surface area contributed by atoms with Gasteiger partial charge in [0.05, 0.1) is 6.10 Å². The predicted molar refractivity (Wildman–Crippen MR) is 56.6 cm³/mol. The second-order valence-corrected chi connectivity index (χ2v) is 4.12. The zero-order chi connectivity index (χ0) is 9.68. The molecular weight excluding hydrogens is 160 g/mol. The molecule has 0 saturated carbocycles. The van der Waals surface area contributed by atoms with E-state index in [9.17, 15) is 5.11 Å². The van der Waals surface area contributed by atoms with Crippen LogP contribution < -0.4 is 0 Å². The van der Waals surface area contributed by atoms with Gasteiger partial charge in [-0.25, -0.2) is 0 Å². The summed E-state index contributed by atoms with van der Waals surface area (Å²) < 4.78 is 0. The Morgan fingerprint density at radius 3 is 2.69 bits per heavy atom. The lowest BCUT2D eigenvalue weighted by Crippen LogP contribution is -2.17. The van der Waals surface area contributed by atoms with Gasteiger partial charge in [-0.3, -0.25) is 0 Å². The molecule has 0 aromatic carbocycles. The Morgan fingerprint density at radius 1 is 1.31 bits per heavy atom. The molecule has 13 heavy (non-hydrogen) atoms. The molecule has 0 spiro atoms. The van der Waals surface area contributed by atoms with E-state index in [1.54, 1.807) is 0 Å². The molecule has 0 aliphatic heterocycles. The average molecular weight is 182 g/mol. The van der Waals surface area contributed by atoms with E-state index in [4.69, 9.17) is 0 Å². The van der Waals surface area contributed by atoms with Crippen molar-refractivity contribution >= 4 is 0 Å². The van der Waals surface area contributed by atoms with Crippen molar-refractivity contribution in [2.24, 2.45) is 5.92 Å². The van der Waals surface area contributed by atoms with Crippen molar-refractivity contribution in [1.29, 1.82) is 0 Å². The number of aliphatic hydroxyl groups excluding tert-OH is 1. The van der Waals surface area contributed by atoms with Crippen LogP contribution in [0.1, 0.15) is 52.4 Å². The first kappa shape index (κ1) is 10.8. The third-order valence-corrected chi connectivity index (χ3v) is 2.92. The Morgan fingerprint density at radius 2 is 2.08 bits per heavy atom. The van der Waals surface area contributed by atoms with Crippen molar-refractivity contribution in [3.05, 3.63) is 11.6 Å². The summed E-state index contributed by atoms with van der Waals surface area (Å²) in [6.07, 6.45) is 9.07. The van der Waals surface area contributed by atoms with E-state index in [1.165, 1.54) is 37.7 Å². The third-order valence-electron chi connectivity index (χ3n) is 2.92. The Hall–Kier alpha value is -0.300. The van der Waals surface area contributed by atoms with E-state index in [0.29, 0.717) is 0 Å². The molecule has 0 saturated heterocycles. The van der Waals surface area contributed by atoms with Crippen LogP contribution in [0.15, 0.2) is 11.6 Å². The molecule has 1 heteroatoms. The molecule has 1 rings (SSSR count). The molecule has 0 aromatic rings. The summed E-state index contributed by atoms with van der Waals surface area (Å²) >= 11 is 0. The highest BCUT2D eigenvalue weighted by Gasteiger charge is 2.19. The third kappa shape index (κ3) is 3.15. The average Bonchev–Trinajstić information content (AvgIpc) is 2.10. The first-order chi connectivity index (χ1) is 6.27. The van der Waals surface area contributed by atoms with Crippen molar-refractivity contribution in [3.63, 3.8) is 0 Å². The standard InChI is InChI=1S/C12H22O/c1-3-5-10-7-8-12(13)9-11(10)6-4-2/h9-10,12-13H,3-8H2,1-2H3. The topological polar surface area (TPSA) is 20.2 Å². The van der Waals surface area contributed by atoms with Crippen molar-refractivity contribution in [2.45, 2.75) is 58.5 Å². The number of hydrogen-bond acceptors (Lipinski definition) is 1. The first-order valence-corrected chi connectivity index (χ1v) is 5.66. The quantitative estimate of drug-likeness (QED) is 0.661. The molecule has 0 aromatic heterocycles. The number of rotatable bonds is 4. The SMILES string of the molecule is CCCC1=CC(O)CCC1CCC. The Bertz CT molecular complexity index is 172. The van der Waals surface area contributed by atoms with Crippen LogP contribution in [0.3, 0.4) is 0 Å². The molecule has 1 aliphatic carbocycles.